The molecule has 1 N–H and O–H groups in total. The van der Waals surface area contributed by atoms with E-state index in [1.165, 1.54) is 28.6 Å². The molecule has 2 saturated heterocycles. The molecule has 2 aliphatic rings. The molecule has 0 radical (unpaired) electrons. The molecule has 9 nitrogen and oxygen atoms in total. The van der Waals surface area contributed by atoms with Crippen molar-refractivity contribution < 1.29 is 26.4 Å². The first-order valence-corrected chi connectivity index (χ1v) is 13.7. The standard InChI is InChI=1S/C22H27N3O6S2/c26-22(23-16-18-8-7-15-31-18)21-17-24(32(27,28)19-9-3-1-4-10-19)13-14-25(21)33(29,30)20-11-5-2-6-12-20/h1-6,9-12,18,21H,7-8,13-17H2,(H,23,26)/t18-,21-/m0/s1. The summed E-state index contributed by atoms with van der Waals surface area (Å²) >= 11 is 0. The number of nitrogens with one attached hydrogen (secondary N) is 1. The van der Waals surface area contributed by atoms with Crippen LogP contribution >= 0.6 is 0 Å². The van der Waals surface area contributed by atoms with Crippen LogP contribution < -0.4 is 5.32 Å². The Hall–Kier alpha value is -2.31. The van der Waals surface area contributed by atoms with E-state index >= 15 is 0 Å². The van der Waals surface area contributed by atoms with Gasteiger partial charge in [-0.2, -0.15) is 8.61 Å². The summed E-state index contributed by atoms with van der Waals surface area (Å²) in [5.41, 5.74) is 0. The molecule has 2 fully saturated rings. The van der Waals surface area contributed by atoms with E-state index in [0.717, 1.165) is 17.1 Å². The monoisotopic (exact) mass is 493 g/mol. The van der Waals surface area contributed by atoms with Crippen molar-refractivity contribution in [3.63, 3.8) is 0 Å². The Labute approximate surface area is 194 Å². The van der Waals surface area contributed by atoms with Crippen molar-refractivity contribution in [2.75, 3.05) is 32.8 Å². The van der Waals surface area contributed by atoms with E-state index in [1.54, 1.807) is 36.4 Å². The Morgan fingerprint density at radius 1 is 0.909 bits per heavy atom. The van der Waals surface area contributed by atoms with Gasteiger partial charge in [-0.05, 0) is 37.1 Å². The number of ether oxygens (including phenoxy) is 1. The fourth-order valence-corrected chi connectivity index (χ4v) is 7.12. The number of benzene rings is 2. The summed E-state index contributed by atoms with van der Waals surface area (Å²) in [6, 6.07) is 14.6. The minimum absolute atomic E-state index is 0.0567. The summed E-state index contributed by atoms with van der Waals surface area (Å²) < 4.78 is 60.8. The molecule has 178 valence electrons. The third-order valence-electron chi connectivity index (χ3n) is 5.86. The Bertz CT molecular complexity index is 1170. The number of rotatable bonds is 7. The minimum Gasteiger partial charge on any atom is -0.376 e. The highest BCUT2D eigenvalue weighted by molar-refractivity contribution is 7.89. The van der Waals surface area contributed by atoms with Gasteiger partial charge < -0.3 is 10.1 Å². The topological polar surface area (TPSA) is 113 Å². The van der Waals surface area contributed by atoms with Gasteiger partial charge in [0.2, 0.25) is 26.0 Å². The van der Waals surface area contributed by atoms with Crippen LogP contribution in [-0.2, 0) is 29.6 Å². The van der Waals surface area contributed by atoms with Crippen LogP contribution in [0.5, 0.6) is 0 Å². The lowest BCUT2D eigenvalue weighted by molar-refractivity contribution is -0.126. The number of amides is 1. The molecule has 1 amide bonds. The van der Waals surface area contributed by atoms with Crippen molar-refractivity contribution >= 4 is 26.0 Å². The smallest absolute Gasteiger partial charge is 0.243 e. The second-order valence-electron chi connectivity index (χ2n) is 8.00. The van der Waals surface area contributed by atoms with Crippen molar-refractivity contribution in [1.82, 2.24) is 13.9 Å². The molecular weight excluding hydrogens is 466 g/mol. The van der Waals surface area contributed by atoms with Gasteiger partial charge in [-0.15, -0.1) is 0 Å². The molecule has 2 heterocycles. The van der Waals surface area contributed by atoms with E-state index < -0.39 is 32.0 Å². The number of hydrogen-bond donors (Lipinski definition) is 1. The second kappa shape index (κ2) is 9.90. The number of hydrogen-bond acceptors (Lipinski definition) is 6. The number of nitrogens with zero attached hydrogens (tertiary/aromatic N) is 2. The molecule has 2 aromatic rings. The molecule has 0 bridgehead atoms. The summed E-state index contributed by atoms with van der Waals surface area (Å²) in [6.07, 6.45) is 1.59. The summed E-state index contributed by atoms with van der Waals surface area (Å²) in [7, 11) is -7.89. The van der Waals surface area contributed by atoms with E-state index in [-0.39, 0.29) is 42.1 Å². The van der Waals surface area contributed by atoms with E-state index in [4.69, 9.17) is 4.74 Å². The second-order valence-corrected chi connectivity index (χ2v) is 11.8. The average molecular weight is 494 g/mol. The number of carbonyl (C=O) groups is 1. The molecule has 2 atom stereocenters. The van der Waals surface area contributed by atoms with Crippen molar-refractivity contribution in [2.24, 2.45) is 0 Å². The third kappa shape index (κ3) is 5.12. The Kier molecular flexibility index (Phi) is 7.15. The van der Waals surface area contributed by atoms with E-state index in [0.29, 0.717) is 6.61 Å². The Morgan fingerprint density at radius 2 is 1.52 bits per heavy atom. The predicted octanol–water partition coefficient (Wildman–Crippen LogP) is 1.05. The van der Waals surface area contributed by atoms with Gasteiger partial charge in [-0.3, -0.25) is 4.79 Å². The van der Waals surface area contributed by atoms with Gasteiger partial charge in [0.15, 0.2) is 0 Å². The molecule has 0 aliphatic carbocycles. The summed E-state index contributed by atoms with van der Waals surface area (Å²) in [5.74, 6) is -0.544. The van der Waals surface area contributed by atoms with Gasteiger partial charge >= 0.3 is 0 Å². The largest absolute Gasteiger partial charge is 0.376 e. The maximum Gasteiger partial charge on any atom is 0.243 e. The lowest BCUT2D eigenvalue weighted by atomic mass is 10.2. The SMILES string of the molecule is O=C(NC[C@@H]1CCCO1)[C@@H]1CN(S(=O)(=O)c2ccccc2)CCN1S(=O)(=O)c1ccccc1. The van der Waals surface area contributed by atoms with Crippen LogP contribution in [0.4, 0.5) is 0 Å². The van der Waals surface area contributed by atoms with Crippen molar-refractivity contribution in [3.05, 3.63) is 60.7 Å². The fourth-order valence-electron chi connectivity index (χ4n) is 4.07. The summed E-state index contributed by atoms with van der Waals surface area (Å²) in [4.78, 5) is 13.3. The molecule has 2 aromatic carbocycles. The van der Waals surface area contributed by atoms with E-state index in [9.17, 15) is 21.6 Å². The Balaban J connectivity index is 1.61. The molecule has 0 aromatic heterocycles. The zero-order valence-corrected chi connectivity index (χ0v) is 19.7. The predicted molar refractivity (Wildman–Crippen MR) is 121 cm³/mol. The molecule has 0 unspecified atom stereocenters. The highest BCUT2D eigenvalue weighted by atomic mass is 32.2. The number of sulfonamides is 2. The fraction of sp³-hybridized carbons (Fsp3) is 0.409. The zero-order chi connectivity index (χ0) is 23.5. The van der Waals surface area contributed by atoms with Gasteiger partial charge in [0.05, 0.1) is 15.9 Å². The van der Waals surface area contributed by atoms with Gasteiger partial charge in [0.1, 0.15) is 6.04 Å². The van der Waals surface area contributed by atoms with Crippen molar-refractivity contribution in [3.8, 4) is 0 Å². The first kappa shape index (κ1) is 23.8. The van der Waals surface area contributed by atoms with Crippen molar-refractivity contribution in [2.45, 2.75) is 34.8 Å². The number of piperazine rings is 1. The normalized spacial score (nSPS) is 22.8. The first-order chi connectivity index (χ1) is 15.8. The van der Waals surface area contributed by atoms with Crippen LogP contribution in [0, 0.1) is 0 Å². The van der Waals surface area contributed by atoms with Crippen LogP contribution in [0.25, 0.3) is 0 Å². The van der Waals surface area contributed by atoms with Crippen LogP contribution in [-0.4, -0.2) is 76.3 Å². The molecule has 33 heavy (non-hydrogen) atoms. The highest BCUT2D eigenvalue weighted by Crippen LogP contribution is 2.25. The van der Waals surface area contributed by atoms with Gasteiger partial charge in [0.25, 0.3) is 0 Å². The van der Waals surface area contributed by atoms with Gasteiger partial charge in [0, 0.05) is 32.8 Å². The first-order valence-electron chi connectivity index (χ1n) is 10.8. The number of carbonyl (C=O) groups excluding carboxylic acids is 1. The molecule has 0 saturated carbocycles. The average Bonchev–Trinajstić information content (AvgIpc) is 3.37. The third-order valence-corrected chi connectivity index (χ3v) is 9.66. The maximum atomic E-state index is 13.3. The van der Waals surface area contributed by atoms with Crippen molar-refractivity contribution in [1.29, 1.82) is 0 Å². The van der Waals surface area contributed by atoms with E-state index in [2.05, 4.69) is 5.32 Å². The van der Waals surface area contributed by atoms with E-state index in [1.807, 2.05) is 0 Å². The maximum absolute atomic E-state index is 13.3. The van der Waals surface area contributed by atoms with Crippen LogP contribution in [0.2, 0.25) is 0 Å². The molecular formula is C22H27N3O6S2. The van der Waals surface area contributed by atoms with Crippen LogP contribution in [0.3, 0.4) is 0 Å². The molecule has 0 spiro atoms. The van der Waals surface area contributed by atoms with Crippen LogP contribution in [0.15, 0.2) is 70.5 Å². The lowest BCUT2D eigenvalue weighted by Crippen LogP contribution is -2.61. The van der Waals surface area contributed by atoms with Gasteiger partial charge in [-0.25, -0.2) is 16.8 Å². The Morgan fingerprint density at radius 3 is 2.09 bits per heavy atom. The molecule has 2 aliphatic heterocycles. The zero-order valence-electron chi connectivity index (χ0n) is 18.0. The van der Waals surface area contributed by atoms with Gasteiger partial charge in [-0.1, -0.05) is 36.4 Å². The quantitative estimate of drug-likeness (QED) is 0.617. The molecule has 4 rings (SSSR count). The minimum atomic E-state index is -4.01. The molecule has 11 heteroatoms. The van der Waals surface area contributed by atoms with Crippen LogP contribution in [0.1, 0.15) is 12.8 Å². The summed E-state index contributed by atoms with van der Waals surface area (Å²) in [6.45, 7) is 0.405. The summed E-state index contributed by atoms with van der Waals surface area (Å²) in [5, 5.41) is 2.77. The lowest BCUT2D eigenvalue weighted by Gasteiger charge is -2.39. The highest BCUT2D eigenvalue weighted by Gasteiger charge is 2.43.